The number of amides is 1. The molecular weight excluding hydrogens is 368 g/mol. The van der Waals surface area contributed by atoms with Crippen LogP contribution in [0, 0.1) is 11.8 Å². The second-order valence-corrected chi connectivity index (χ2v) is 7.72. The Kier molecular flexibility index (Phi) is 8.96. The number of ether oxygens (including phenoxy) is 1. The van der Waals surface area contributed by atoms with Gasteiger partial charge in [-0.15, -0.1) is 0 Å². The predicted molar refractivity (Wildman–Crippen MR) is 114 cm³/mol. The lowest BCUT2D eigenvalue weighted by Gasteiger charge is -2.29. The topological polar surface area (TPSA) is 105 Å². The summed E-state index contributed by atoms with van der Waals surface area (Å²) in [6.07, 6.45) is -0.790. The maximum atomic E-state index is 11.1. The third-order valence-corrected chi connectivity index (χ3v) is 5.16. The summed E-state index contributed by atoms with van der Waals surface area (Å²) in [5.41, 5.74) is 7.78. The van der Waals surface area contributed by atoms with Crippen LogP contribution in [-0.2, 0) is 13.0 Å². The highest BCUT2D eigenvalue weighted by Crippen LogP contribution is 2.25. The van der Waals surface area contributed by atoms with E-state index in [1.165, 1.54) is 0 Å². The van der Waals surface area contributed by atoms with E-state index >= 15 is 0 Å². The molecule has 5 N–H and O–H groups in total. The lowest BCUT2D eigenvalue weighted by Crippen LogP contribution is -2.47. The van der Waals surface area contributed by atoms with E-state index in [9.17, 15) is 9.90 Å². The molecular formula is C23H32N2O4. The lowest BCUT2D eigenvalue weighted by molar-refractivity contribution is 0.108. The fourth-order valence-electron chi connectivity index (χ4n) is 3.36. The molecule has 0 aromatic heterocycles. The molecule has 1 amide bonds. The summed E-state index contributed by atoms with van der Waals surface area (Å²) in [4.78, 5) is 11.1. The van der Waals surface area contributed by atoms with Crippen LogP contribution in [0.1, 0.15) is 31.4 Å². The van der Waals surface area contributed by atoms with Crippen molar-refractivity contribution >= 4 is 6.09 Å². The zero-order chi connectivity index (χ0) is 21.2. The quantitative estimate of drug-likeness (QED) is 0.463. The molecule has 0 radical (unpaired) electrons. The molecule has 0 aliphatic carbocycles. The van der Waals surface area contributed by atoms with E-state index in [2.05, 4.69) is 19.2 Å². The van der Waals surface area contributed by atoms with Crippen molar-refractivity contribution in [2.45, 2.75) is 45.4 Å². The van der Waals surface area contributed by atoms with Crippen LogP contribution in [0.15, 0.2) is 54.6 Å². The molecule has 0 bridgehead atoms. The number of nitrogens with one attached hydrogen (secondary N) is 1. The van der Waals surface area contributed by atoms with E-state index in [1.54, 1.807) is 0 Å². The fourth-order valence-corrected chi connectivity index (χ4v) is 3.36. The van der Waals surface area contributed by atoms with Gasteiger partial charge in [0.2, 0.25) is 0 Å². The van der Waals surface area contributed by atoms with Crippen LogP contribution in [0.2, 0.25) is 0 Å². The molecule has 0 saturated carbocycles. The van der Waals surface area contributed by atoms with Crippen LogP contribution in [0.3, 0.4) is 0 Å². The molecule has 29 heavy (non-hydrogen) atoms. The minimum atomic E-state index is -1.15. The van der Waals surface area contributed by atoms with Gasteiger partial charge in [-0.25, -0.2) is 4.79 Å². The van der Waals surface area contributed by atoms with E-state index in [1.807, 2.05) is 54.6 Å². The van der Waals surface area contributed by atoms with Crippen molar-refractivity contribution in [1.82, 2.24) is 5.32 Å². The summed E-state index contributed by atoms with van der Waals surface area (Å²) in [6.45, 7) is 4.73. The Labute approximate surface area is 172 Å². The zero-order valence-electron chi connectivity index (χ0n) is 17.1. The van der Waals surface area contributed by atoms with E-state index < -0.39 is 18.2 Å². The van der Waals surface area contributed by atoms with Crippen LogP contribution in [0.4, 0.5) is 4.79 Å². The standard InChI is InChI=1S/C23H32N2O4/c1-16(2)19(13-21(22(26)14-24)25-23(27)28)11-18-9-6-10-20(12-18)29-15-17-7-4-3-5-8-17/h3-10,12,16,19,21-22,25-26H,11,13-15,24H2,1-2H3,(H,27,28)/t19-,21-,22-/m0/s1. The summed E-state index contributed by atoms with van der Waals surface area (Å²) < 4.78 is 5.92. The second kappa shape index (κ2) is 11.4. The van der Waals surface area contributed by atoms with Crippen molar-refractivity contribution in [2.75, 3.05) is 6.54 Å². The number of nitrogens with two attached hydrogens (primary N) is 1. The lowest BCUT2D eigenvalue weighted by atomic mass is 9.83. The maximum absolute atomic E-state index is 11.1. The number of rotatable bonds is 11. The average molecular weight is 401 g/mol. The average Bonchev–Trinajstić information content (AvgIpc) is 2.71. The first-order valence-electron chi connectivity index (χ1n) is 10.0. The van der Waals surface area contributed by atoms with Gasteiger partial charge in [0.25, 0.3) is 0 Å². The molecule has 3 atom stereocenters. The first-order valence-corrected chi connectivity index (χ1v) is 10.0. The highest BCUT2D eigenvalue weighted by Gasteiger charge is 2.26. The Hall–Kier alpha value is -2.57. The number of aliphatic hydroxyl groups excluding tert-OH is 1. The largest absolute Gasteiger partial charge is 0.489 e. The zero-order valence-corrected chi connectivity index (χ0v) is 17.1. The van der Waals surface area contributed by atoms with Crippen molar-refractivity contribution in [1.29, 1.82) is 0 Å². The number of carboxylic acid groups (broad SMARTS) is 1. The van der Waals surface area contributed by atoms with Gasteiger partial charge in [-0.2, -0.15) is 0 Å². The Morgan fingerprint density at radius 1 is 1.10 bits per heavy atom. The SMILES string of the molecule is CC(C)[C@@H](Cc1cccc(OCc2ccccc2)c1)C[C@H](NC(=O)O)[C@@H](O)CN. The summed E-state index contributed by atoms with van der Waals surface area (Å²) in [5, 5.41) is 21.6. The summed E-state index contributed by atoms with van der Waals surface area (Å²) in [7, 11) is 0. The number of aliphatic hydroxyl groups is 1. The monoisotopic (exact) mass is 400 g/mol. The van der Waals surface area contributed by atoms with Crippen LogP contribution < -0.4 is 15.8 Å². The van der Waals surface area contributed by atoms with Crippen molar-refractivity contribution in [3.63, 3.8) is 0 Å². The van der Waals surface area contributed by atoms with Gasteiger partial charge in [0.05, 0.1) is 12.1 Å². The fraction of sp³-hybridized carbons (Fsp3) is 0.435. The van der Waals surface area contributed by atoms with Crippen LogP contribution in [0.5, 0.6) is 5.75 Å². The molecule has 0 aliphatic heterocycles. The Morgan fingerprint density at radius 2 is 1.79 bits per heavy atom. The van der Waals surface area contributed by atoms with Gasteiger partial charge in [-0.3, -0.25) is 0 Å². The molecule has 0 spiro atoms. The Morgan fingerprint density at radius 3 is 2.41 bits per heavy atom. The number of benzene rings is 2. The molecule has 0 heterocycles. The van der Waals surface area contributed by atoms with E-state index in [-0.39, 0.29) is 12.5 Å². The Bertz CT molecular complexity index is 752. The highest BCUT2D eigenvalue weighted by atomic mass is 16.5. The van der Waals surface area contributed by atoms with Gasteiger partial charge >= 0.3 is 6.09 Å². The third kappa shape index (κ3) is 7.75. The highest BCUT2D eigenvalue weighted by molar-refractivity contribution is 5.64. The van der Waals surface area contributed by atoms with Crippen molar-refractivity contribution < 1.29 is 19.7 Å². The van der Waals surface area contributed by atoms with Gasteiger partial charge in [0.1, 0.15) is 12.4 Å². The molecule has 158 valence electrons. The van der Waals surface area contributed by atoms with Crippen molar-refractivity contribution in [3.05, 3.63) is 65.7 Å². The van der Waals surface area contributed by atoms with Gasteiger partial charge in [0.15, 0.2) is 0 Å². The Balaban J connectivity index is 2.04. The normalized spacial score (nSPS) is 14.2. The van der Waals surface area contributed by atoms with E-state index in [0.717, 1.165) is 23.3 Å². The van der Waals surface area contributed by atoms with Gasteiger partial charge in [0, 0.05) is 6.54 Å². The van der Waals surface area contributed by atoms with Gasteiger partial charge in [-0.05, 0) is 47.9 Å². The van der Waals surface area contributed by atoms with Gasteiger partial charge in [-0.1, -0.05) is 56.3 Å². The van der Waals surface area contributed by atoms with Crippen molar-refractivity contribution in [2.24, 2.45) is 17.6 Å². The molecule has 0 unspecified atom stereocenters. The minimum Gasteiger partial charge on any atom is -0.489 e. The second-order valence-electron chi connectivity index (χ2n) is 7.72. The number of hydrogen-bond acceptors (Lipinski definition) is 4. The van der Waals surface area contributed by atoms with Crippen LogP contribution in [0.25, 0.3) is 0 Å². The molecule has 2 aromatic carbocycles. The molecule has 2 rings (SSSR count). The summed E-state index contributed by atoms with van der Waals surface area (Å²) >= 11 is 0. The molecule has 0 aliphatic rings. The minimum absolute atomic E-state index is 0.0125. The first kappa shape index (κ1) is 22.7. The molecule has 2 aromatic rings. The summed E-state index contributed by atoms with van der Waals surface area (Å²) in [5.74, 6) is 1.29. The third-order valence-electron chi connectivity index (χ3n) is 5.16. The molecule has 0 fully saturated rings. The molecule has 6 nitrogen and oxygen atoms in total. The number of carbonyl (C=O) groups is 1. The van der Waals surface area contributed by atoms with Crippen LogP contribution >= 0.6 is 0 Å². The van der Waals surface area contributed by atoms with Crippen LogP contribution in [-0.4, -0.2) is 35.0 Å². The molecule has 6 heteroatoms. The predicted octanol–water partition coefficient (Wildman–Crippen LogP) is 3.43. The van der Waals surface area contributed by atoms with Crippen molar-refractivity contribution in [3.8, 4) is 5.75 Å². The smallest absolute Gasteiger partial charge is 0.404 e. The van der Waals surface area contributed by atoms with Gasteiger partial charge < -0.3 is 26.0 Å². The first-order chi connectivity index (χ1) is 13.9. The molecule has 0 saturated heterocycles. The van der Waals surface area contributed by atoms with E-state index in [0.29, 0.717) is 18.9 Å². The van der Waals surface area contributed by atoms with E-state index in [4.69, 9.17) is 15.6 Å². The number of hydrogen-bond donors (Lipinski definition) is 4. The summed E-state index contributed by atoms with van der Waals surface area (Å²) in [6, 6.07) is 17.4. The maximum Gasteiger partial charge on any atom is 0.404 e.